The molecule has 3 atom stereocenters. The first-order chi connectivity index (χ1) is 13.7. The van der Waals surface area contributed by atoms with E-state index in [0.29, 0.717) is 30.4 Å². The van der Waals surface area contributed by atoms with Crippen molar-refractivity contribution < 1.29 is 28.6 Å². The van der Waals surface area contributed by atoms with Gasteiger partial charge in [0.15, 0.2) is 0 Å². The van der Waals surface area contributed by atoms with Crippen molar-refractivity contribution in [2.75, 3.05) is 0 Å². The maximum absolute atomic E-state index is 12.6. The predicted molar refractivity (Wildman–Crippen MR) is 107 cm³/mol. The summed E-state index contributed by atoms with van der Waals surface area (Å²) in [7, 11) is 0. The standard InChI is InChI=1S/C23H30O6/c1-13(2)21(24)27-17-7-5-15(6-8-17)19-12-16-11-18(28-22(25)14(3)4)9-10-20(16)29-23(19)26/h12,15-18,20H,1,3,5-11H2,2,4H3. The van der Waals surface area contributed by atoms with Crippen molar-refractivity contribution in [2.45, 2.75) is 77.1 Å². The lowest BCUT2D eigenvalue weighted by Crippen LogP contribution is -2.41. The highest BCUT2D eigenvalue weighted by molar-refractivity contribution is 5.90. The van der Waals surface area contributed by atoms with Crippen LogP contribution in [0.3, 0.4) is 0 Å². The second-order valence-electron chi connectivity index (χ2n) is 8.51. The monoisotopic (exact) mass is 402 g/mol. The first-order valence-electron chi connectivity index (χ1n) is 10.4. The van der Waals surface area contributed by atoms with Crippen LogP contribution in [0.4, 0.5) is 0 Å². The number of esters is 3. The molecule has 0 N–H and O–H groups in total. The Bertz CT molecular complexity index is 740. The molecule has 3 aliphatic rings. The third kappa shape index (κ3) is 5.17. The Balaban J connectivity index is 1.60. The van der Waals surface area contributed by atoms with E-state index in [1.165, 1.54) is 0 Å². The van der Waals surface area contributed by atoms with Gasteiger partial charge in [-0.25, -0.2) is 14.4 Å². The van der Waals surface area contributed by atoms with Gasteiger partial charge in [-0.05, 0) is 64.7 Å². The van der Waals surface area contributed by atoms with E-state index in [2.05, 4.69) is 13.2 Å². The van der Waals surface area contributed by atoms with Crippen LogP contribution in [-0.4, -0.2) is 36.2 Å². The zero-order valence-electron chi connectivity index (χ0n) is 17.3. The van der Waals surface area contributed by atoms with Crippen LogP contribution < -0.4 is 0 Å². The van der Waals surface area contributed by atoms with Gasteiger partial charge in [-0.3, -0.25) is 0 Å². The number of carbonyl (C=O) groups excluding carboxylic acids is 3. The fourth-order valence-electron chi connectivity index (χ4n) is 4.37. The maximum Gasteiger partial charge on any atom is 0.334 e. The fraction of sp³-hybridized carbons (Fsp3) is 0.609. The van der Waals surface area contributed by atoms with Gasteiger partial charge >= 0.3 is 17.9 Å². The Morgan fingerprint density at radius 2 is 1.48 bits per heavy atom. The summed E-state index contributed by atoms with van der Waals surface area (Å²) in [6, 6.07) is 0. The SMILES string of the molecule is C=C(C)C(=O)OC1CCC(C2=CC3CC(OC(=O)C(=C)C)CCC3OC2=O)CC1. The summed E-state index contributed by atoms with van der Waals surface area (Å²) in [6.07, 6.45) is 6.65. The van der Waals surface area contributed by atoms with Crippen LogP contribution in [-0.2, 0) is 28.6 Å². The highest BCUT2D eigenvalue weighted by atomic mass is 16.6. The molecule has 2 aliphatic carbocycles. The quantitative estimate of drug-likeness (QED) is 0.395. The Hall–Kier alpha value is -2.37. The van der Waals surface area contributed by atoms with Gasteiger partial charge in [0.2, 0.25) is 0 Å². The van der Waals surface area contributed by atoms with Crippen molar-refractivity contribution in [2.24, 2.45) is 11.8 Å². The van der Waals surface area contributed by atoms with Crippen LogP contribution >= 0.6 is 0 Å². The maximum atomic E-state index is 12.6. The molecular weight excluding hydrogens is 372 g/mol. The lowest BCUT2D eigenvalue weighted by molar-refractivity contribution is -0.158. The molecule has 2 fully saturated rings. The van der Waals surface area contributed by atoms with E-state index in [9.17, 15) is 14.4 Å². The summed E-state index contributed by atoms with van der Waals surface area (Å²) in [5.41, 5.74) is 1.52. The first kappa shape index (κ1) is 21.3. The van der Waals surface area contributed by atoms with Gasteiger partial charge in [-0.2, -0.15) is 0 Å². The number of rotatable bonds is 5. The second-order valence-corrected chi connectivity index (χ2v) is 8.51. The molecule has 0 spiro atoms. The molecule has 1 aliphatic heterocycles. The van der Waals surface area contributed by atoms with Crippen LogP contribution in [0.15, 0.2) is 36.0 Å². The van der Waals surface area contributed by atoms with E-state index in [1.54, 1.807) is 13.8 Å². The van der Waals surface area contributed by atoms with E-state index in [-0.39, 0.29) is 48.1 Å². The molecule has 0 saturated heterocycles. The van der Waals surface area contributed by atoms with Gasteiger partial charge in [-0.15, -0.1) is 0 Å². The third-order valence-electron chi connectivity index (χ3n) is 6.03. The van der Waals surface area contributed by atoms with E-state index in [4.69, 9.17) is 14.2 Å². The zero-order valence-corrected chi connectivity index (χ0v) is 17.3. The molecule has 0 radical (unpaired) electrons. The summed E-state index contributed by atoms with van der Waals surface area (Å²) in [6.45, 7) is 10.5. The Kier molecular flexibility index (Phi) is 6.60. The van der Waals surface area contributed by atoms with Gasteiger partial charge in [0.1, 0.15) is 18.3 Å². The summed E-state index contributed by atoms with van der Waals surface area (Å²) >= 11 is 0. The number of hydrogen-bond acceptors (Lipinski definition) is 6. The third-order valence-corrected chi connectivity index (χ3v) is 6.03. The molecule has 0 amide bonds. The summed E-state index contributed by atoms with van der Waals surface area (Å²) in [5, 5.41) is 0. The zero-order chi connectivity index (χ0) is 21.1. The molecule has 0 bridgehead atoms. The Labute approximate surface area is 172 Å². The molecule has 3 rings (SSSR count). The van der Waals surface area contributed by atoms with Crippen molar-refractivity contribution in [3.05, 3.63) is 36.0 Å². The lowest BCUT2D eigenvalue weighted by atomic mass is 9.76. The smallest absolute Gasteiger partial charge is 0.334 e. The minimum Gasteiger partial charge on any atom is -0.459 e. The van der Waals surface area contributed by atoms with E-state index >= 15 is 0 Å². The average Bonchev–Trinajstić information content (AvgIpc) is 2.68. The molecule has 158 valence electrons. The van der Waals surface area contributed by atoms with Gasteiger partial charge in [0.05, 0.1) is 0 Å². The molecule has 0 aromatic heterocycles. The number of fused-ring (bicyclic) bond motifs is 1. The van der Waals surface area contributed by atoms with Gasteiger partial charge in [0.25, 0.3) is 0 Å². The fourth-order valence-corrected chi connectivity index (χ4v) is 4.37. The van der Waals surface area contributed by atoms with Gasteiger partial charge < -0.3 is 14.2 Å². The number of ether oxygens (including phenoxy) is 3. The van der Waals surface area contributed by atoms with Crippen molar-refractivity contribution in [3.63, 3.8) is 0 Å². The summed E-state index contributed by atoms with van der Waals surface area (Å²) in [4.78, 5) is 36.1. The van der Waals surface area contributed by atoms with Crippen LogP contribution in [0, 0.1) is 11.8 Å². The summed E-state index contributed by atoms with van der Waals surface area (Å²) < 4.78 is 16.7. The molecule has 0 aromatic rings. The van der Waals surface area contributed by atoms with Gasteiger partial charge in [-0.1, -0.05) is 19.2 Å². The normalized spacial score (nSPS) is 31.6. The largest absolute Gasteiger partial charge is 0.459 e. The Morgan fingerprint density at radius 3 is 2.07 bits per heavy atom. The number of hydrogen-bond donors (Lipinski definition) is 0. The summed E-state index contributed by atoms with van der Waals surface area (Å²) in [5.74, 6) is -0.774. The van der Waals surface area contributed by atoms with Crippen molar-refractivity contribution in [1.82, 2.24) is 0 Å². The van der Waals surface area contributed by atoms with Crippen LogP contribution in [0.2, 0.25) is 0 Å². The van der Waals surface area contributed by atoms with Gasteiger partial charge in [0, 0.05) is 22.6 Å². The minimum absolute atomic E-state index is 0.0679. The van der Waals surface area contributed by atoms with Crippen LogP contribution in [0.5, 0.6) is 0 Å². The van der Waals surface area contributed by atoms with Crippen LogP contribution in [0.25, 0.3) is 0 Å². The molecular formula is C23H30O6. The number of carbonyl (C=O) groups is 3. The Morgan fingerprint density at radius 1 is 0.931 bits per heavy atom. The van der Waals surface area contributed by atoms with Crippen molar-refractivity contribution in [1.29, 1.82) is 0 Å². The van der Waals surface area contributed by atoms with E-state index < -0.39 is 0 Å². The van der Waals surface area contributed by atoms with Crippen molar-refractivity contribution >= 4 is 17.9 Å². The van der Waals surface area contributed by atoms with Crippen molar-refractivity contribution in [3.8, 4) is 0 Å². The molecule has 2 saturated carbocycles. The second kappa shape index (κ2) is 8.97. The van der Waals surface area contributed by atoms with E-state index in [1.807, 2.05) is 6.08 Å². The average molecular weight is 402 g/mol. The highest BCUT2D eigenvalue weighted by Crippen LogP contribution is 2.39. The van der Waals surface area contributed by atoms with E-state index in [0.717, 1.165) is 31.3 Å². The topological polar surface area (TPSA) is 78.9 Å². The molecule has 6 heteroatoms. The molecule has 6 nitrogen and oxygen atoms in total. The predicted octanol–water partition coefficient (Wildman–Crippen LogP) is 3.80. The van der Waals surface area contributed by atoms with Crippen LogP contribution in [0.1, 0.15) is 58.8 Å². The lowest BCUT2D eigenvalue weighted by Gasteiger charge is -2.39. The minimum atomic E-state index is -0.368. The first-order valence-corrected chi connectivity index (χ1v) is 10.4. The molecule has 3 unspecified atom stereocenters. The molecule has 29 heavy (non-hydrogen) atoms. The highest BCUT2D eigenvalue weighted by Gasteiger charge is 2.40. The molecule has 1 heterocycles. The molecule has 0 aromatic carbocycles.